The van der Waals surface area contributed by atoms with Gasteiger partial charge in [-0.05, 0) is 38.1 Å². The maximum atomic E-state index is 14.7. The number of amides is 1. The average Bonchev–Trinajstić information content (AvgIpc) is 3.37. The average molecular weight is 486 g/mol. The number of benzene rings is 1. The highest BCUT2D eigenvalue weighted by atomic mass is 32.2. The van der Waals surface area contributed by atoms with E-state index in [4.69, 9.17) is 4.98 Å². The Bertz CT molecular complexity index is 1360. The van der Waals surface area contributed by atoms with Crippen molar-refractivity contribution in [3.05, 3.63) is 47.4 Å². The predicted octanol–water partition coefficient (Wildman–Crippen LogP) is 2.68. The third-order valence-corrected chi connectivity index (χ3v) is 8.63. The van der Waals surface area contributed by atoms with Gasteiger partial charge in [0.05, 0.1) is 39.9 Å². The Hall–Kier alpha value is -2.85. The van der Waals surface area contributed by atoms with Crippen LogP contribution in [0.2, 0.25) is 0 Å². The van der Waals surface area contributed by atoms with Crippen LogP contribution in [0, 0.1) is 12.7 Å². The number of nitrogens with zero attached hydrogens (tertiary/aromatic N) is 5. The van der Waals surface area contributed by atoms with Crippen molar-refractivity contribution in [1.82, 2.24) is 24.6 Å². The summed E-state index contributed by atoms with van der Waals surface area (Å²) in [5, 5.41) is 5.23. The van der Waals surface area contributed by atoms with Crippen LogP contribution in [0.25, 0.3) is 22.3 Å². The van der Waals surface area contributed by atoms with Gasteiger partial charge in [-0.15, -0.1) is 0 Å². The van der Waals surface area contributed by atoms with Crippen LogP contribution in [0.5, 0.6) is 0 Å². The first-order valence-corrected chi connectivity index (χ1v) is 13.5. The summed E-state index contributed by atoms with van der Waals surface area (Å²) in [6.45, 7) is 7.67. The maximum absolute atomic E-state index is 14.7. The summed E-state index contributed by atoms with van der Waals surface area (Å²) in [5.74, 6) is -0.492. The zero-order valence-electron chi connectivity index (χ0n) is 19.4. The van der Waals surface area contributed by atoms with Crippen molar-refractivity contribution in [1.29, 1.82) is 0 Å². The van der Waals surface area contributed by atoms with E-state index in [0.29, 0.717) is 53.1 Å². The Morgan fingerprint density at radius 2 is 1.91 bits per heavy atom. The standard InChI is InChI=1S/C24H28FN5O3S/c1-3-28-9-11-29(12-10-28)24(31)19-14-21(18-6-4-5-7-20(18)25)26-23-22(19)16(2)27-30(23)17-8-13-34(32,33)15-17/h4-7,14,17H,3,8-13,15H2,1-2H3. The normalized spacial score (nSPS) is 20.8. The van der Waals surface area contributed by atoms with Crippen molar-refractivity contribution in [2.45, 2.75) is 26.3 Å². The molecule has 0 N–H and O–H groups in total. The molecule has 2 aliphatic rings. The molecule has 0 spiro atoms. The van der Waals surface area contributed by atoms with Gasteiger partial charge < -0.3 is 9.80 Å². The summed E-state index contributed by atoms with van der Waals surface area (Å²) in [6, 6.07) is 7.61. The molecule has 2 fully saturated rings. The molecule has 8 nitrogen and oxygen atoms in total. The Kier molecular flexibility index (Phi) is 5.89. The number of sulfone groups is 1. The minimum atomic E-state index is -3.15. The molecule has 0 saturated carbocycles. The van der Waals surface area contributed by atoms with Crippen LogP contribution in [-0.4, -0.2) is 83.1 Å². The van der Waals surface area contributed by atoms with Crippen LogP contribution in [0.1, 0.15) is 35.4 Å². The molecule has 1 amide bonds. The van der Waals surface area contributed by atoms with E-state index in [-0.39, 0.29) is 23.5 Å². The number of hydrogen-bond donors (Lipinski definition) is 0. The van der Waals surface area contributed by atoms with E-state index in [1.807, 2.05) is 4.90 Å². The number of rotatable bonds is 4. The smallest absolute Gasteiger partial charge is 0.254 e. The Morgan fingerprint density at radius 1 is 1.18 bits per heavy atom. The molecular weight excluding hydrogens is 457 g/mol. The van der Waals surface area contributed by atoms with Crippen molar-refractivity contribution in [2.24, 2.45) is 0 Å². The summed E-state index contributed by atoms with van der Waals surface area (Å²) in [7, 11) is -3.15. The van der Waals surface area contributed by atoms with Crippen LogP contribution >= 0.6 is 0 Å². The molecule has 180 valence electrons. The fraction of sp³-hybridized carbons (Fsp3) is 0.458. The number of hydrogen-bond acceptors (Lipinski definition) is 6. The van der Waals surface area contributed by atoms with Gasteiger partial charge in [-0.1, -0.05) is 19.1 Å². The number of halogens is 1. The molecule has 2 aliphatic heterocycles. The topological polar surface area (TPSA) is 88.4 Å². The van der Waals surface area contributed by atoms with Gasteiger partial charge in [0.15, 0.2) is 15.5 Å². The number of piperazine rings is 1. The van der Waals surface area contributed by atoms with Crippen LogP contribution in [-0.2, 0) is 9.84 Å². The summed E-state index contributed by atoms with van der Waals surface area (Å²) >= 11 is 0. The van der Waals surface area contributed by atoms with Gasteiger partial charge >= 0.3 is 0 Å². The molecule has 3 aromatic rings. The van der Waals surface area contributed by atoms with Gasteiger partial charge in [-0.25, -0.2) is 22.5 Å². The highest BCUT2D eigenvalue weighted by Crippen LogP contribution is 2.33. The van der Waals surface area contributed by atoms with Gasteiger partial charge in [-0.2, -0.15) is 5.10 Å². The lowest BCUT2D eigenvalue weighted by molar-refractivity contribution is 0.0645. The zero-order valence-corrected chi connectivity index (χ0v) is 20.2. The number of aromatic nitrogens is 3. The van der Waals surface area contributed by atoms with E-state index < -0.39 is 15.7 Å². The Morgan fingerprint density at radius 3 is 2.56 bits per heavy atom. The number of fused-ring (bicyclic) bond motifs is 1. The van der Waals surface area contributed by atoms with Crippen molar-refractivity contribution < 1.29 is 17.6 Å². The maximum Gasteiger partial charge on any atom is 0.254 e. The van der Waals surface area contributed by atoms with Gasteiger partial charge in [0.25, 0.3) is 5.91 Å². The lowest BCUT2D eigenvalue weighted by atomic mass is 10.0. The van der Waals surface area contributed by atoms with E-state index in [2.05, 4.69) is 16.9 Å². The second-order valence-electron chi connectivity index (χ2n) is 9.05. The van der Waals surface area contributed by atoms with Gasteiger partial charge in [0, 0.05) is 31.7 Å². The molecule has 5 rings (SSSR count). The van der Waals surface area contributed by atoms with Crippen LogP contribution < -0.4 is 0 Å². The highest BCUT2D eigenvalue weighted by Gasteiger charge is 2.33. The van der Waals surface area contributed by atoms with E-state index >= 15 is 0 Å². The molecule has 34 heavy (non-hydrogen) atoms. The van der Waals surface area contributed by atoms with Gasteiger partial charge in [0.2, 0.25) is 0 Å². The van der Waals surface area contributed by atoms with E-state index in [9.17, 15) is 17.6 Å². The van der Waals surface area contributed by atoms with E-state index in [1.54, 1.807) is 35.9 Å². The SMILES string of the molecule is CCN1CCN(C(=O)c2cc(-c3ccccc3F)nc3c2c(C)nn3C2CCS(=O)(=O)C2)CC1. The molecule has 1 atom stereocenters. The fourth-order valence-corrected chi connectivity index (χ4v) is 6.64. The monoisotopic (exact) mass is 485 g/mol. The molecular formula is C24H28FN5O3S. The molecule has 1 unspecified atom stereocenters. The van der Waals surface area contributed by atoms with Crippen molar-refractivity contribution in [3.63, 3.8) is 0 Å². The largest absolute Gasteiger partial charge is 0.336 e. The molecule has 10 heteroatoms. The van der Waals surface area contributed by atoms with Gasteiger partial charge in [0.1, 0.15) is 5.82 Å². The third kappa shape index (κ3) is 4.09. The summed E-state index contributed by atoms with van der Waals surface area (Å²) in [4.78, 5) is 22.6. The predicted molar refractivity (Wildman–Crippen MR) is 128 cm³/mol. The second-order valence-corrected chi connectivity index (χ2v) is 11.3. The molecule has 0 radical (unpaired) electrons. The Balaban J connectivity index is 1.66. The number of carbonyl (C=O) groups is 1. The first-order valence-electron chi connectivity index (χ1n) is 11.6. The lowest BCUT2D eigenvalue weighted by Crippen LogP contribution is -2.48. The zero-order chi connectivity index (χ0) is 24.0. The molecule has 1 aromatic carbocycles. The molecule has 0 bridgehead atoms. The third-order valence-electron chi connectivity index (χ3n) is 6.88. The number of likely N-dealkylation sites (N-methyl/N-ethyl adjacent to an activating group) is 1. The minimum Gasteiger partial charge on any atom is -0.336 e. The fourth-order valence-electron chi connectivity index (χ4n) is 4.95. The quantitative estimate of drug-likeness (QED) is 0.565. The second kappa shape index (κ2) is 8.74. The van der Waals surface area contributed by atoms with Crippen LogP contribution in [0.3, 0.4) is 0 Å². The molecule has 2 aromatic heterocycles. The lowest BCUT2D eigenvalue weighted by Gasteiger charge is -2.34. The summed E-state index contributed by atoms with van der Waals surface area (Å²) < 4.78 is 40.6. The van der Waals surface area contributed by atoms with Crippen molar-refractivity contribution in [3.8, 4) is 11.3 Å². The molecule has 4 heterocycles. The van der Waals surface area contributed by atoms with Crippen molar-refractivity contribution >= 4 is 26.8 Å². The minimum absolute atomic E-state index is 0.0168. The van der Waals surface area contributed by atoms with Gasteiger partial charge in [-0.3, -0.25) is 4.79 Å². The van der Waals surface area contributed by atoms with Crippen LogP contribution in [0.15, 0.2) is 30.3 Å². The van der Waals surface area contributed by atoms with Crippen LogP contribution in [0.4, 0.5) is 4.39 Å². The molecule has 0 aliphatic carbocycles. The highest BCUT2D eigenvalue weighted by molar-refractivity contribution is 7.91. The van der Waals surface area contributed by atoms with Crippen molar-refractivity contribution in [2.75, 3.05) is 44.2 Å². The van der Waals surface area contributed by atoms with E-state index in [1.165, 1.54) is 6.07 Å². The Labute approximate surface area is 198 Å². The van der Waals surface area contributed by atoms with E-state index in [0.717, 1.165) is 19.6 Å². The summed E-state index contributed by atoms with van der Waals surface area (Å²) in [6.07, 6.45) is 0.437. The number of carbonyl (C=O) groups excluding carboxylic acids is 1. The number of aryl methyl sites for hydroxylation is 1. The molecule has 2 saturated heterocycles. The first-order chi connectivity index (χ1) is 16.3. The number of pyridine rings is 1. The summed E-state index contributed by atoms with van der Waals surface area (Å²) in [5.41, 5.74) is 2.10. The first kappa shape index (κ1) is 22.9.